The quantitative estimate of drug-likeness (QED) is 0.111. The van der Waals surface area contributed by atoms with Gasteiger partial charge in [-0.05, 0) is 69.5 Å². The number of oxime groups is 1. The van der Waals surface area contributed by atoms with Crippen LogP contribution in [0.1, 0.15) is 39.2 Å². The molecule has 0 aromatic heterocycles. The highest BCUT2D eigenvalue weighted by atomic mass is 32.2. The van der Waals surface area contributed by atoms with E-state index in [1.54, 1.807) is 93.6 Å². The Bertz CT molecular complexity index is 1700. The third-order valence-corrected chi connectivity index (χ3v) is 10.3. The smallest absolute Gasteiger partial charge is 0.250 e. The molecule has 1 amide bonds. The van der Waals surface area contributed by atoms with Crippen LogP contribution in [0.5, 0.6) is 0 Å². The number of sulfone groups is 1. The Morgan fingerprint density at radius 3 is 2.21 bits per heavy atom. The third kappa shape index (κ3) is 7.27. The van der Waals surface area contributed by atoms with E-state index in [0.29, 0.717) is 28.1 Å². The van der Waals surface area contributed by atoms with Crippen molar-refractivity contribution in [2.24, 2.45) is 10.9 Å². The lowest BCUT2D eigenvalue weighted by atomic mass is 9.90. The molecule has 3 aromatic carbocycles. The molecule has 1 aliphatic rings. The molecule has 224 valence electrons. The molecule has 13 heteroatoms. The van der Waals surface area contributed by atoms with Gasteiger partial charge in [-0.15, -0.1) is 0 Å². The van der Waals surface area contributed by atoms with Crippen molar-refractivity contribution in [3.63, 3.8) is 0 Å². The van der Waals surface area contributed by atoms with E-state index in [1.807, 2.05) is 0 Å². The predicted octanol–water partition coefficient (Wildman–Crippen LogP) is 3.52. The molecule has 42 heavy (non-hydrogen) atoms. The van der Waals surface area contributed by atoms with Crippen molar-refractivity contribution in [1.82, 2.24) is 4.72 Å². The van der Waals surface area contributed by atoms with Gasteiger partial charge in [0, 0.05) is 28.0 Å². The molecular formula is C29H35N5O6S2. The summed E-state index contributed by atoms with van der Waals surface area (Å²) in [4.78, 5) is 13.8. The number of amidine groups is 1. The largest absolute Gasteiger partial charge is 0.409 e. The maximum Gasteiger partial charge on any atom is 0.250 e. The van der Waals surface area contributed by atoms with Gasteiger partial charge in [-0.1, -0.05) is 47.6 Å². The average Bonchev–Trinajstić information content (AvgIpc) is 2.93. The molecule has 1 heterocycles. The number of hydrogen-bond acceptors (Lipinski definition) is 8. The highest BCUT2D eigenvalue weighted by molar-refractivity contribution is 7.91. The zero-order valence-corrected chi connectivity index (χ0v) is 25.2. The van der Waals surface area contributed by atoms with E-state index >= 15 is 0 Å². The summed E-state index contributed by atoms with van der Waals surface area (Å²) in [5.74, 6) is -0.857. The topological polar surface area (TPSA) is 180 Å². The van der Waals surface area contributed by atoms with Crippen molar-refractivity contribution in [2.45, 2.75) is 49.6 Å². The standard InChI is InChI=1S/C29H35N5O6S2/c1-28(2,3)34-42(39,40)25-10-5-4-9-24(25)20-11-13-22(14-12-20)31-27(35)29(15-17-41(37,38)18-16-29)32-23-8-6-7-21(19-23)26(30)33-36/h4-14,19,32,34,36H,15-18H2,1-3H3,(H2,30,33)(H,31,35). The van der Waals surface area contributed by atoms with Crippen LogP contribution in [0.25, 0.3) is 11.1 Å². The van der Waals surface area contributed by atoms with Crippen LogP contribution >= 0.6 is 0 Å². The van der Waals surface area contributed by atoms with Crippen molar-refractivity contribution < 1.29 is 26.8 Å². The number of carbonyl (C=O) groups excluding carboxylic acids is 1. The highest BCUT2D eigenvalue weighted by Gasteiger charge is 2.43. The number of rotatable bonds is 8. The molecule has 0 unspecified atom stereocenters. The summed E-state index contributed by atoms with van der Waals surface area (Å²) in [6, 6.07) is 20.1. The lowest BCUT2D eigenvalue weighted by Crippen LogP contribution is -2.54. The van der Waals surface area contributed by atoms with E-state index in [9.17, 15) is 21.6 Å². The monoisotopic (exact) mass is 613 g/mol. The Kier molecular flexibility index (Phi) is 8.67. The van der Waals surface area contributed by atoms with Gasteiger partial charge in [0.2, 0.25) is 15.9 Å². The molecule has 0 aliphatic carbocycles. The zero-order chi connectivity index (χ0) is 30.8. The van der Waals surface area contributed by atoms with Crippen molar-refractivity contribution in [1.29, 1.82) is 0 Å². The number of anilines is 2. The lowest BCUT2D eigenvalue weighted by molar-refractivity contribution is -0.120. The van der Waals surface area contributed by atoms with Crippen LogP contribution < -0.4 is 21.1 Å². The van der Waals surface area contributed by atoms with Crippen LogP contribution in [0.2, 0.25) is 0 Å². The summed E-state index contributed by atoms with van der Waals surface area (Å²) >= 11 is 0. The fourth-order valence-electron chi connectivity index (χ4n) is 4.77. The van der Waals surface area contributed by atoms with Crippen LogP contribution in [0.4, 0.5) is 11.4 Å². The molecule has 1 aliphatic heterocycles. The minimum absolute atomic E-state index is 0.0407. The highest BCUT2D eigenvalue weighted by Crippen LogP contribution is 2.32. The molecule has 0 saturated carbocycles. The number of nitrogens with two attached hydrogens (primary N) is 1. The second kappa shape index (κ2) is 11.7. The van der Waals surface area contributed by atoms with E-state index in [-0.39, 0.29) is 35.1 Å². The van der Waals surface area contributed by atoms with Gasteiger partial charge in [0.15, 0.2) is 15.7 Å². The first-order valence-electron chi connectivity index (χ1n) is 13.2. The van der Waals surface area contributed by atoms with E-state index in [0.717, 1.165) is 0 Å². The predicted molar refractivity (Wildman–Crippen MR) is 164 cm³/mol. The Morgan fingerprint density at radius 1 is 0.952 bits per heavy atom. The van der Waals surface area contributed by atoms with Crippen molar-refractivity contribution >= 4 is 43.0 Å². The summed E-state index contributed by atoms with van der Waals surface area (Å²) in [6.45, 7) is 5.30. The van der Waals surface area contributed by atoms with Gasteiger partial charge in [0.25, 0.3) is 0 Å². The van der Waals surface area contributed by atoms with E-state index < -0.39 is 36.8 Å². The molecule has 0 spiro atoms. The summed E-state index contributed by atoms with van der Waals surface area (Å²) in [5.41, 5.74) is 6.35. The number of nitrogens with zero attached hydrogens (tertiary/aromatic N) is 1. The second-order valence-electron chi connectivity index (χ2n) is 11.3. The Labute approximate surface area is 246 Å². The zero-order valence-electron chi connectivity index (χ0n) is 23.6. The fourth-order valence-corrected chi connectivity index (χ4v) is 7.94. The van der Waals surface area contributed by atoms with Crippen LogP contribution in [0.3, 0.4) is 0 Å². The van der Waals surface area contributed by atoms with Crippen LogP contribution in [0, 0.1) is 0 Å². The molecule has 0 bridgehead atoms. The molecule has 4 rings (SSSR count). The molecule has 0 atom stereocenters. The maximum atomic E-state index is 13.7. The first kappa shape index (κ1) is 31.0. The van der Waals surface area contributed by atoms with E-state index in [1.165, 1.54) is 0 Å². The second-order valence-corrected chi connectivity index (χ2v) is 15.3. The van der Waals surface area contributed by atoms with Crippen LogP contribution in [-0.4, -0.2) is 56.4 Å². The maximum absolute atomic E-state index is 13.7. The lowest BCUT2D eigenvalue weighted by Gasteiger charge is -2.37. The third-order valence-electron chi connectivity index (χ3n) is 6.83. The summed E-state index contributed by atoms with van der Waals surface area (Å²) in [5, 5.41) is 18.1. The first-order chi connectivity index (χ1) is 19.6. The summed E-state index contributed by atoms with van der Waals surface area (Å²) < 4.78 is 53.3. The molecular weight excluding hydrogens is 578 g/mol. The minimum Gasteiger partial charge on any atom is -0.409 e. The first-order valence-corrected chi connectivity index (χ1v) is 16.6. The molecule has 1 fully saturated rings. The number of benzene rings is 3. The van der Waals surface area contributed by atoms with Crippen molar-refractivity contribution in [3.8, 4) is 11.1 Å². The van der Waals surface area contributed by atoms with E-state index in [2.05, 4.69) is 20.5 Å². The normalized spacial score (nSPS) is 16.9. The number of hydrogen-bond donors (Lipinski definition) is 5. The van der Waals surface area contributed by atoms with E-state index in [4.69, 9.17) is 10.9 Å². The summed E-state index contributed by atoms with van der Waals surface area (Å²) in [7, 11) is -7.09. The molecule has 0 radical (unpaired) electrons. The number of amides is 1. The SMILES string of the molecule is CC(C)(C)NS(=O)(=O)c1ccccc1-c1ccc(NC(=O)C2(Nc3cccc(/C(N)=N/O)c3)CCS(=O)(=O)CC2)cc1. The molecule has 11 nitrogen and oxygen atoms in total. The minimum atomic E-state index is -3.80. The van der Waals surface area contributed by atoms with Crippen molar-refractivity contribution in [3.05, 3.63) is 78.4 Å². The number of carbonyl (C=O) groups is 1. The van der Waals surface area contributed by atoms with Crippen LogP contribution in [0.15, 0.2) is 82.8 Å². The fraction of sp³-hybridized carbons (Fsp3) is 0.310. The van der Waals surface area contributed by atoms with Crippen LogP contribution in [-0.2, 0) is 24.7 Å². The molecule has 3 aromatic rings. The number of nitrogens with one attached hydrogen (secondary N) is 3. The molecule has 1 saturated heterocycles. The van der Waals surface area contributed by atoms with Crippen molar-refractivity contribution in [2.75, 3.05) is 22.1 Å². The molecule has 6 N–H and O–H groups in total. The van der Waals surface area contributed by atoms with Gasteiger partial charge in [-0.25, -0.2) is 21.6 Å². The van der Waals surface area contributed by atoms with Gasteiger partial charge in [-0.2, -0.15) is 0 Å². The Hall–Kier alpha value is -3.94. The number of sulfonamides is 1. The Balaban J connectivity index is 1.60. The van der Waals surface area contributed by atoms with Gasteiger partial charge in [0.1, 0.15) is 5.54 Å². The van der Waals surface area contributed by atoms with Gasteiger partial charge in [-0.3, -0.25) is 4.79 Å². The Morgan fingerprint density at radius 2 is 1.60 bits per heavy atom. The van der Waals surface area contributed by atoms with Gasteiger partial charge in [0.05, 0.1) is 16.4 Å². The van der Waals surface area contributed by atoms with Gasteiger partial charge >= 0.3 is 0 Å². The average molecular weight is 614 g/mol. The summed E-state index contributed by atoms with van der Waals surface area (Å²) in [6.07, 6.45) is 0.0815. The van der Waals surface area contributed by atoms with Gasteiger partial charge < -0.3 is 21.6 Å².